The molecule has 0 amide bonds. The maximum atomic E-state index is 13.0. The lowest BCUT2D eigenvalue weighted by molar-refractivity contribution is 0.505. The topological polar surface area (TPSA) is 56.7 Å². The summed E-state index contributed by atoms with van der Waals surface area (Å²) in [6, 6.07) is 3.65. The van der Waals surface area contributed by atoms with Gasteiger partial charge < -0.3 is 5.73 Å². The van der Waals surface area contributed by atoms with Gasteiger partial charge in [0.2, 0.25) is 5.82 Å². The third kappa shape index (κ3) is 2.62. The number of halogens is 2. The molecule has 1 heterocycles. The highest BCUT2D eigenvalue weighted by atomic mass is 32.1. The van der Waals surface area contributed by atoms with Crippen LogP contribution in [0.4, 0.5) is 8.78 Å². The Labute approximate surface area is 101 Å². The summed E-state index contributed by atoms with van der Waals surface area (Å²) in [4.78, 5) is 3.96. The molecular formula is C10H8F2N4S. The smallest absolute Gasteiger partial charge is 0.208 e. The van der Waals surface area contributed by atoms with Crippen molar-refractivity contribution < 1.29 is 8.78 Å². The molecule has 0 saturated carbocycles. The first-order valence-corrected chi connectivity index (χ1v) is 5.10. The summed E-state index contributed by atoms with van der Waals surface area (Å²) < 4.78 is 27.1. The Bertz CT molecular complexity index is 567. The highest BCUT2D eigenvalue weighted by Gasteiger charge is 2.06. The molecule has 17 heavy (non-hydrogen) atoms. The van der Waals surface area contributed by atoms with Crippen LogP contribution in [0.2, 0.25) is 0 Å². The van der Waals surface area contributed by atoms with Crippen molar-refractivity contribution in [3.63, 3.8) is 0 Å². The van der Waals surface area contributed by atoms with E-state index in [0.29, 0.717) is 5.56 Å². The lowest BCUT2D eigenvalue weighted by Crippen LogP contribution is -2.12. The van der Waals surface area contributed by atoms with Crippen molar-refractivity contribution in [1.82, 2.24) is 14.8 Å². The first-order chi connectivity index (χ1) is 8.06. The highest BCUT2D eigenvalue weighted by Crippen LogP contribution is 2.09. The number of benzene rings is 1. The first kappa shape index (κ1) is 11.6. The summed E-state index contributed by atoms with van der Waals surface area (Å²) in [5, 5.41) is 3.98. The van der Waals surface area contributed by atoms with Gasteiger partial charge in [0.1, 0.15) is 11.3 Å². The van der Waals surface area contributed by atoms with Crippen LogP contribution in [0.15, 0.2) is 24.5 Å². The monoisotopic (exact) mass is 254 g/mol. The van der Waals surface area contributed by atoms with Crippen molar-refractivity contribution >= 4 is 17.2 Å². The summed E-state index contributed by atoms with van der Waals surface area (Å²) in [6.07, 6.45) is 1.43. The van der Waals surface area contributed by atoms with Crippen LogP contribution >= 0.6 is 12.2 Å². The fourth-order valence-electron chi connectivity index (χ4n) is 1.31. The number of thiocarbonyl (C=S) groups is 1. The van der Waals surface area contributed by atoms with Crippen LogP contribution in [0.5, 0.6) is 0 Å². The number of nitrogens with two attached hydrogens (primary N) is 1. The van der Waals surface area contributed by atoms with Crippen LogP contribution in [-0.2, 0) is 6.54 Å². The third-order valence-corrected chi connectivity index (χ3v) is 2.27. The molecule has 4 nitrogen and oxygen atoms in total. The van der Waals surface area contributed by atoms with Gasteiger partial charge >= 0.3 is 0 Å². The minimum atomic E-state index is -0.891. The zero-order valence-corrected chi connectivity index (χ0v) is 9.42. The van der Waals surface area contributed by atoms with E-state index in [2.05, 4.69) is 10.1 Å². The average molecular weight is 254 g/mol. The number of hydrogen-bond acceptors (Lipinski definition) is 3. The van der Waals surface area contributed by atoms with E-state index in [4.69, 9.17) is 18.0 Å². The standard InChI is InChI=1S/C10H8F2N4S/c11-7-2-1-6(3-8(7)12)4-16-5-14-10(15-16)9(13)17/h1-3,5H,4H2,(H2,13,17). The zero-order chi connectivity index (χ0) is 12.4. The van der Waals surface area contributed by atoms with Crippen molar-refractivity contribution in [2.45, 2.75) is 6.54 Å². The summed E-state index contributed by atoms with van der Waals surface area (Å²) in [6.45, 7) is 0.271. The minimum Gasteiger partial charge on any atom is -0.387 e. The molecule has 1 aromatic carbocycles. The van der Waals surface area contributed by atoms with E-state index >= 15 is 0 Å². The molecule has 0 aliphatic carbocycles. The Morgan fingerprint density at radius 1 is 1.35 bits per heavy atom. The van der Waals surface area contributed by atoms with E-state index in [-0.39, 0.29) is 17.4 Å². The number of rotatable bonds is 3. The average Bonchev–Trinajstić information content (AvgIpc) is 2.72. The number of nitrogens with zero attached hydrogens (tertiary/aromatic N) is 3. The molecule has 0 spiro atoms. The quantitative estimate of drug-likeness (QED) is 0.837. The van der Waals surface area contributed by atoms with E-state index in [1.54, 1.807) is 0 Å². The minimum absolute atomic E-state index is 0.0917. The van der Waals surface area contributed by atoms with Crippen LogP contribution in [0.25, 0.3) is 0 Å². The normalized spacial score (nSPS) is 10.5. The van der Waals surface area contributed by atoms with Gasteiger partial charge in [0.25, 0.3) is 0 Å². The molecule has 0 aliphatic rings. The molecule has 2 N–H and O–H groups in total. The fourth-order valence-corrected chi connectivity index (χ4v) is 1.40. The van der Waals surface area contributed by atoms with Crippen LogP contribution in [-0.4, -0.2) is 19.8 Å². The molecule has 1 aromatic heterocycles. The van der Waals surface area contributed by atoms with Crippen LogP contribution < -0.4 is 5.73 Å². The molecule has 0 fully saturated rings. The molecule has 0 unspecified atom stereocenters. The molecular weight excluding hydrogens is 246 g/mol. The highest BCUT2D eigenvalue weighted by molar-refractivity contribution is 7.80. The maximum Gasteiger partial charge on any atom is 0.208 e. The summed E-state index contributed by atoms with van der Waals surface area (Å²) in [5.74, 6) is -1.52. The van der Waals surface area contributed by atoms with E-state index in [1.807, 2.05) is 0 Å². The SMILES string of the molecule is NC(=S)c1ncn(Cc2ccc(F)c(F)c2)n1. The van der Waals surface area contributed by atoms with Crippen LogP contribution in [0.1, 0.15) is 11.4 Å². The predicted molar refractivity (Wildman–Crippen MR) is 61.4 cm³/mol. The van der Waals surface area contributed by atoms with Gasteiger partial charge in [-0.15, -0.1) is 5.10 Å². The molecule has 0 bridgehead atoms. The van der Waals surface area contributed by atoms with Crippen molar-refractivity contribution in [3.8, 4) is 0 Å². The Morgan fingerprint density at radius 3 is 2.71 bits per heavy atom. The maximum absolute atomic E-state index is 13.0. The van der Waals surface area contributed by atoms with Crippen LogP contribution in [0.3, 0.4) is 0 Å². The summed E-state index contributed by atoms with van der Waals surface area (Å²) in [5.41, 5.74) is 5.92. The van der Waals surface area contributed by atoms with Crippen LogP contribution in [0, 0.1) is 11.6 Å². The second kappa shape index (κ2) is 4.54. The third-order valence-electron chi connectivity index (χ3n) is 2.09. The second-order valence-corrected chi connectivity index (χ2v) is 3.82. The lowest BCUT2D eigenvalue weighted by Gasteiger charge is -2.01. The molecule has 0 saturated heterocycles. The van der Waals surface area contributed by atoms with E-state index < -0.39 is 11.6 Å². The predicted octanol–water partition coefficient (Wildman–Crippen LogP) is 1.24. The van der Waals surface area contributed by atoms with Gasteiger partial charge in [0.05, 0.1) is 6.54 Å². The molecule has 7 heteroatoms. The Balaban J connectivity index is 2.19. The molecule has 2 rings (SSSR count). The number of aromatic nitrogens is 3. The van der Waals surface area contributed by atoms with Crippen molar-refractivity contribution in [1.29, 1.82) is 0 Å². The molecule has 0 aliphatic heterocycles. The molecule has 0 radical (unpaired) electrons. The van der Waals surface area contributed by atoms with Gasteiger partial charge in [-0.1, -0.05) is 18.3 Å². The van der Waals surface area contributed by atoms with Gasteiger partial charge in [0, 0.05) is 0 Å². The van der Waals surface area contributed by atoms with E-state index in [0.717, 1.165) is 12.1 Å². The van der Waals surface area contributed by atoms with Gasteiger partial charge in [-0.05, 0) is 17.7 Å². The van der Waals surface area contributed by atoms with Gasteiger partial charge in [-0.3, -0.25) is 0 Å². The molecule has 2 aromatic rings. The van der Waals surface area contributed by atoms with Crippen molar-refractivity contribution in [2.75, 3.05) is 0 Å². The van der Waals surface area contributed by atoms with Gasteiger partial charge in [-0.25, -0.2) is 18.4 Å². The second-order valence-electron chi connectivity index (χ2n) is 3.38. The first-order valence-electron chi connectivity index (χ1n) is 4.69. The van der Waals surface area contributed by atoms with Crippen molar-refractivity contribution in [3.05, 3.63) is 47.5 Å². The lowest BCUT2D eigenvalue weighted by atomic mass is 10.2. The van der Waals surface area contributed by atoms with E-state index in [9.17, 15) is 8.78 Å². The van der Waals surface area contributed by atoms with E-state index in [1.165, 1.54) is 17.1 Å². The Hall–Kier alpha value is -1.89. The van der Waals surface area contributed by atoms with Crippen molar-refractivity contribution in [2.24, 2.45) is 5.73 Å². The molecule has 88 valence electrons. The zero-order valence-electron chi connectivity index (χ0n) is 8.60. The summed E-state index contributed by atoms with van der Waals surface area (Å²) >= 11 is 4.71. The number of hydrogen-bond donors (Lipinski definition) is 1. The van der Waals surface area contributed by atoms with Gasteiger partial charge in [-0.2, -0.15) is 0 Å². The Kier molecular flexibility index (Phi) is 3.10. The summed E-state index contributed by atoms with van der Waals surface area (Å²) in [7, 11) is 0. The Morgan fingerprint density at radius 2 is 2.12 bits per heavy atom. The largest absolute Gasteiger partial charge is 0.387 e. The van der Waals surface area contributed by atoms with Gasteiger partial charge in [0.15, 0.2) is 11.6 Å². The molecule has 0 atom stereocenters. The fraction of sp³-hybridized carbons (Fsp3) is 0.100.